The van der Waals surface area contributed by atoms with E-state index in [1.54, 1.807) is 14.0 Å². The Bertz CT molecular complexity index is 856. The van der Waals surface area contributed by atoms with Gasteiger partial charge in [0.15, 0.2) is 11.5 Å². The standard InChI is InChI=1S/C20H23NO6/c1-4-25-17-7-5-6-13-8-14(11-26-18(13)17)19(22)21(3)10-15-9-16(20(23)24)12(2)27-15/h5-7,9,14H,4,8,10-11H2,1-3H3,(H,23,24)/t14-/m0/s1. The molecule has 7 nitrogen and oxygen atoms in total. The molecule has 1 aromatic carbocycles. The van der Waals surface area contributed by atoms with E-state index in [1.807, 2.05) is 25.1 Å². The predicted molar refractivity (Wildman–Crippen MR) is 97.2 cm³/mol. The van der Waals surface area contributed by atoms with Crippen LogP contribution in [0.15, 0.2) is 28.7 Å². The number of aromatic carboxylic acids is 1. The molecule has 2 aromatic rings. The van der Waals surface area contributed by atoms with Gasteiger partial charge in [-0.3, -0.25) is 4.79 Å². The molecule has 144 valence electrons. The summed E-state index contributed by atoms with van der Waals surface area (Å²) in [4.78, 5) is 25.5. The largest absolute Gasteiger partial charge is 0.490 e. The van der Waals surface area contributed by atoms with Gasteiger partial charge in [-0.1, -0.05) is 12.1 Å². The predicted octanol–water partition coefficient (Wildman–Crippen LogP) is 2.89. The van der Waals surface area contributed by atoms with E-state index in [1.165, 1.54) is 11.0 Å². The third kappa shape index (κ3) is 3.92. The molecule has 0 aliphatic carbocycles. The molecule has 1 amide bonds. The number of hydrogen-bond acceptors (Lipinski definition) is 5. The number of rotatable bonds is 6. The van der Waals surface area contributed by atoms with Gasteiger partial charge in [-0.25, -0.2) is 4.79 Å². The van der Waals surface area contributed by atoms with Crippen molar-refractivity contribution in [1.82, 2.24) is 4.90 Å². The molecule has 1 atom stereocenters. The molecule has 2 heterocycles. The molecule has 1 N–H and O–H groups in total. The van der Waals surface area contributed by atoms with Gasteiger partial charge in [-0.2, -0.15) is 0 Å². The van der Waals surface area contributed by atoms with Gasteiger partial charge in [0, 0.05) is 7.05 Å². The van der Waals surface area contributed by atoms with E-state index in [-0.39, 0.29) is 30.5 Å². The van der Waals surface area contributed by atoms with Gasteiger partial charge in [0.25, 0.3) is 0 Å². The Morgan fingerprint density at radius 3 is 2.81 bits per heavy atom. The van der Waals surface area contributed by atoms with Crippen LogP contribution in [-0.4, -0.2) is 42.1 Å². The molecule has 0 saturated heterocycles. The molecule has 3 rings (SSSR count). The first-order valence-electron chi connectivity index (χ1n) is 8.85. The second-order valence-corrected chi connectivity index (χ2v) is 6.57. The first kappa shape index (κ1) is 18.8. The van der Waals surface area contributed by atoms with Crippen LogP contribution in [0.1, 0.15) is 34.4 Å². The van der Waals surface area contributed by atoms with E-state index >= 15 is 0 Å². The summed E-state index contributed by atoms with van der Waals surface area (Å²) in [7, 11) is 1.67. The fraction of sp³-hybridized carbons (Fsp3) is 0.400. The Morgan fingerprint density at radius 1 is 1.37 bits per heavy atom. The van der Waals surface area contributed by atoms with Crippen LogP contribution in [0.4, 0.5) is 0 Å². The summed E-state index contributed by atoms with van der Waals surface area (Å²) in [5, 5.41) is 9.11. The smallest absolute Gasteiger partial charge is 0.339 e. The number of para-hydroxylation sites is 1. The number of carboxylic acids is 1. The SMILES string of the molecule is CCOc1cccc2c1OC[C@@H](C(=O)N(C)Cc1cc(C(=O)O)c(C)o1)C2. The van der Waals surface area contributed by atoms with Crippen LogP contribution in [-0.2, 0) is 17.8 Å². The maximum Gasteiger partial charge on any atom is 0.339 e. The molecule has 0 radical (unpaired) electrons. The van der Waals surface area contributed by atoms with Gasteiger partial charge >= 0.3 is 5.97 Å². The highest BCUT2D eigenvalue weighted by Crippen LogP contribution is 2.36. The van der Waals surface area contributed by atoms with Gasteiger partial charge in [0.1, 0.15) is 23.7 Å². The minimum Gasteiger partial charge on any atom is -0.490 e. The maximum absolute atomic E-state index is 12.8. The number of amides is 1. The number of carbonyl (C=O) groups excluding carboxylic acids is 1. The van der Waals surface area contributed by atoms with Crippen LogP contribution in [0.25, 0.3) is 0 Å². The molecule has 1 aliphatic heterocycles. The zero-order valence-corrected chi connectivity index (χ0v) is 15.7. The van der Waals surface area contributed by atoms with E-state index < -0.39 is 5.97 Å². The summed E-state index contributed by atoms with van der Waals surface area (Å²) in [5.41, 5.74) is 1.06. The van der Waals surface area contributed by atoms with Crippen molar-refractivity contribution in [3.8, 4) is 11.5 Å². The second-order valence-electron chi connectivity index (χ2n) is 6.57. The second kappa shape index (κ2) is 7.73. The van der Waals surface area contributed by atoms with Crippen LogP contribution in [0.3, 0.4) is 0 Å². The molecule has 1 aliphatic rings. The first-order chi connectivity index (χ1) is 12.9. The van der Waals surface area contributed by atoms with E-state index in [0.717, 1.165) is 5.56 Å². The Labute approximate surface area is 157 Å². The lowest BCUT2D eigenvalue weighted by molar-refractivity contribution is -0.136. The molecular formula is C20H23NO6. The van der Waals surface area contributed by atoms with Crippen molar-refractivity contribution >= 4 is 11.9 Å². The van der Waals surface area contributed by atoms with Gasteiger partial charge in [-0.05, 0) is 38.0 Å². The molecule has 1 aromatic heterocycles. The zero-order valence-electron chi connectivity index (χ0n) is 15.7. The Morgan fingerprint density at radius 2 is 2.15 bits per heavy atom. The molecule has 27 heavy (non-hydrogen) atoms. The molecular weight excluding hydrogens is 350 g/mol. The van der Waals surface area contributed by atoms with Gasteiger partial charge in [0.05, 0.1) is 19.1 Å². The average Bonchev–Trinajstić information content (AvgIpc) is 3.01. The Balaban J connectivity index is 1.68. The van der Waals surface area contributed by atoms with Crippen molar-refractivity contribution in [2.45, 2.75) is 26.8 Å². The minimum absolute atomic E-state index is 0.0756. The lowest BCUT2D eigenvalue weighted by atomic mass is 9.95. The number of hydrogen-bond donors (Lipinski definition) is 1. The van der Waals surface area contributed by atoms with Crippen molar-refractivity contribution in [2.24, 2.45) is 5.92 Å². The number of fused-ring (bicyclic) bond motifs is 1. The highest BCUT2D eigenvalue weighted by molar-refractivity contribution is 5.88. The number of benzene rings is 1. The molecule has 0 unspecified atom stereocenters. The van der Waals surface area contributed by atoms with Crippen molar-refractivity contribution in [3.63, 3.8) is 0 Å². The lowest BCUT2D eigenvalue weighted by Crippen LogP contribution is -2.38. The molecule has 0 fully saturated rings. The summed E-state index contributed by atoms with van der Waals surface area (Å²) >= 11 is 0. The first-order valence-corrected chi connectivity index (χ1v) is 8.85. The summed E-state index contributed by atoms with van der Waals surface area (Å²) in [6.07, 6.45) is 0.566. The maximum atomic E-state index is 12.8. The lowest BCUT2D eigenvalue weighted by Gasteiger charge is -2.28. The van der Waals surface area contributed by atoms with Crippen molar-refractivity contribution in [2.75, 3.05) is 20.3 Å². The number of nitrogens with zero attached hydrogens (tertiary/aromatic N) is 1. The fourth-order valence-electron chi connectivity index (χ4n) is 3.28. The summed E-state index contributed by atoms with van der Waals surface area (Å²) in [6.45, 7) is 4.53. The quantitative estimate of drug-likeness (QED) is 0.837. The van der Waals surface area contributed by atoms with E-state index in [4.69, 9.17) is 19.0 Å². The Kier molecular flexibility index (Phi) is 5.39. The number of carbonyl (C=O) groups is 2. The number of furan rings is 1. The summed E-state index contributed by atoms with van der Waals surface area (Å²) in [6, 6.07) is 7.15. The van der Waals surface area contributed by atoms with Crippen LogP contribution in [0.5, 0.6) is 11.5 Å². The molecule has 0 bridgehead atoms. The van der Waals surface area contributed by atoms with E-state index in [0.29, 0.717) is 36.0 Å². The van der Waals surface area contributed by atoms with Crippen LogP contribution >= 0.6 is 0 Å². The highest BCUT2D eigenvalue weighted by atomic mass is 16.5. The van der Waals surface area contributed by atoms with Crippen LogP contribution < -0.4 is 9.47 Å². The van der Waals surface area contributed by atoms with Crippen LogP contribution in [0, 0.1) is 12.8 Å². The third-order valence-corrected chi connectivity index (χ3v) is 4.57. The fourth-order valence-corrected chi connectivity index (χ4v) is 3.28. The number of ether oxygens (including phenoxy) is 2. The van der Waals surface area contributed by atoms with Crippen LogP contribution in [0.2, 0.25) is 0 Å². The minimum atomic E-state index is -1.04. The topological polar surface area (TPSA) is 89.2 Å². The molecule has 0 saturated carbocycles. The Hall–Kier alpha value is -2.96. The van der Waals surface area contributed by atoms with Gasteiger partial charge < -0.3 is 23.9 Å². The summed E-state index contributed by atoms with van der Waals surface area (Å²) in [5.74, 6) is 0.746. The summed E-state index contributed by atoms with van der Waals surface area (Å²) < 4.78 is 16.9. The third-order valence-electron chi connectivity index (χ3n) is 4.57. The van der Waals surface area contributed by atoms with Crippen molar-refractivity contribution in [1.29, 1.82) is 0 Å². The highest BCUT2D eigenvalue weighted by Gasteiger charge is 2.30. The zero-order chi connectivity index (χ0) is 19.6. The van der Waals surface area contributed by atoms with Crippen molar-refractivity contribution in [3.05, 3.63) is 46.9 Å². The van der Waals surface area contributed by atoms with E-state index in [9.17, 15) is 9.59 Å². The molecule has 7 heteroatoms. The average molecular weight is 373 g/mol. The van der Waals surface area contributed by atoms with Gasteiger partial charge in [0.2, 0.25) is 5.91 Å². The van der Waals surface area contributed by atoms with Gasteiger partial charge in [-0.15, -0.1) is 0 Å². The normalized spacial score (nSPS) is 15.6. The molecule has 0 spiro atoms. The number of aryl methyl sites for hydroxylation is 1. The van der Waals surface area contributed by atoms with E-state index in [2.05, 4.69) is 0 Å². The number of carboxylic acid groups (broad SMARTS) is 1. The monoisotopic (exact) mass is 373 g/mol. The van der Waals surface area contributed by atoms with Crippen molar-refractivity contribution < 1.29 is 28.6 Å².